The fourth-order valence-electron chi connectivity index (χ4n) is 2.78. The first-order chi connectivity index (χ1) is 9.49. The molecular formula is C15H20O4S. The lowest BCUT2D eigenvalue weighted by Crippen LogP contribution is -2.31. The highest BCUT2D eigenvalue weighted by Gasteiger charge is 2.33. The number of carbonyl (C=O) groups is 1. The summed E-state index contributed by atoms with van der Waals surface area (Å²) in [6.07, 6.45) is 3.49. The first kappa shape index (κ1) is 15.0. The average molecular weight is 296 g/mol. The normalized spacial score (nSPS) is 18.0. The Hall–Kier alpha value is -1.36. The standard InChI is InChI=1S/C15H20O4S/c16-15(17)13(10-12-6-2-1-3-7-12)11-20(18,19)14-8-4-5-9-14/h1-3,6-7,13-14H,4-5,8-11H2,(H,16,17)/t13-/m0/s1. The van der Waals surface area contributed by atoms with Gasteiger partial charge in [0.25, 0.3) is 0 Å². The van der Waals surface area contributed by atoms with Crippen LogP contribution in [0.4, 0.5) is 0 Å². The average Bonchev–Trinajstić information content (AvgIpc) is 2.93. The summed E-state index contributed by atoms with van der Waals surface area (Å²) >= 11 is 0. The van der Waals surface area contributed by atoms with E-state index in [1.165, 1.54) is 0 Å². The number of hydrogen-bond acceptors (Lipinski definition) is 3. The minimum atomic E-state index is -3.31. The van der Waals surface area contributed by atoms with Crippen LogP contribution in [0.3, 0.4) is 0 Å². The van der Waals surface area contributed by atoms with Gasteiger partial charge in [-0.3, -0.25) is 4.79 Å². The molecule has 2 rings (SSSR count). The van der Waals surface area contributed by atoms with Crippen molar-refractivity contribution < 1.29 is 18.3 Å². The lowest BCUT2D eigenvalue weighted by atomic mass is 10.0. The molecule has 1 aliphatic carbocycles. The van der Waals surface area contributed by atoms with Crippen molar-refractivity contribution in [1.29, 1.82) is 0 Å². The molecule has 1 N–H and O–H groups in total. The first-order valence-electron chi connectivity index (χ1n) is 6.97. The number of sulfone groups is 1. The van der Waals surface area contributed by atoms with Gasteiger partial charge in [0.05, 0.1) is 16.9 Å². The van der Waals surface area contributed by atoms with E-state index in [2.05, 4.69) is 0 Å². The van der Waals surface area contributed by atoms with E-state index in [1.54, 1.807) is 0 Å². The number of hydrogen-bond donors (Lipinski definition) is 1. The van der Waals surface area contributed by atoms with Crippen molar-refractivity contribution in [2.45, 2.75) is 37.4 Å². The maximum absolute atomic E-state index is 12.3. The van der Waals surface area contributed by atoms with Crippen molar-refractivity contribution in [2.24, 2.45) is 5.92 Å². The SMILES string of the molecule is O=C(O)[C@@H](Cc1ccccc1)CS(=O)(=O)C1CCCC1. The largest absolute Gasteiger partial charge is 0.481 e. The van der Waals surface area contributed by atoms with Crippen LogP contribution in [0.2, 0.25) is 0 Å². The Balaban J connectivity index is 2.08. The molecule has 0 unspecified atom stereocenters. The summed E-state index contributed by atoms with van der Waals surface area (Å²) in [5.74, 6) is -2.14. The van der Waals surface area contributed by atoms with E-state index < -0.39 is 21.7 Å². The van der Waals surface area contributed by atoms with E-state index >= 15 is 0 Å². The van der Waals surface area contributed by atoms with E-state index in [4.69, 9.17) is 0 Å². The minimum absolute atomic E-state index is 0.248. The van der Waals surface area contributed by atoms with Crippen LogP contribution in [-0.2, 0) is 21.1 Å². The van der Waals surface area contributed by atoms with Gasteiger partial charge in [-0.05, 0) is 24.8 Å². The third-order valence-corrected chi connectivity index (χ3v) is 6.27. The topological polar surface area (TPSA) is 71.4 Å². The summed E-state index contributed by atoms with van der Waals surface area (Å²) in [6.45, 7) is 0. The predicted molar refractivity (Wildman–Crippen MR) is 77.3 cm³/mol. The van der Waals surface area contributed by atoms with Crippen LogP contribution >= 0.6 is 0 Å². The van der Waals surface area contributed by atoms with Crippen LogP contribution in [0.15, 0.2) is 30.3 Å². The molecule has 0 bridgehead atoms. The zero-order valence-electron chi connectivity index (χ0n) is 11.4. The minimum Gasteiger partial charge on any atom is -0.481 e. The molecule has 1 atom stereocenters. The molecule has 20 heavy (non-hydrogen) atoms. The van der Waals surface area contributed by atoms with Crippen LogP contribution < -0.4 is 0 Å². The molecule has 0 radical (unpaired) electrons. The molecule has 1 saturated carbocycles. The Labute approximate surface area is 119 Å². The van der Waals surface area contributed by atoms with Crippen LogP contribution in [0.5, 0.6) is 0 Å². The van der Waals surface area contributed by atoms with Gasteiger partial charge < -0.3 is 5.11 Å². The second kappa shape index (κ2) is 6.39. The first-order valence-corrected chi connectivity index (χ1v) is 8.69. The summed E-state index contributed by atoms with van der Waals surface area (Å²) in [6, 6.07) is 9.18. The highest BCUT2D eigenvalue weighted by molar-refractivity contribution is 7.92. The number of carboxylic acids is 1. The van der Waals surface area contributed by atoms with Crippen molar-refractivity contribution >= 4 is 15.8 Å². The molecule has 1 aromatic rings. The van der Waals surface area contributed by atoms with Gasteiger partial charge in [-0.15, -0.1) is 0 Å². The molecule has 1 aromatic carbocycles. The van der Waals surface area contributed by atoms with Crippen molar-refractivity contribution in [3.05, 3.63) is 35.9 Å². The molecule has 0 saturated heterocycles. The van der Waals surface area contributed by atoms with Gasteiger partial charge in [-0.25, -0.2) is 8.42 Å². The quantitative estimate of drug-likeness (QED) is 0.874. The van der Waals surface area contributed by atoms with Crippen LogP contribution in [-0.4, -0.2) is 30.5 Å². The van der Waals surface area contributed by atoms with Gasteiger partial charge in [-0.2, -0.15) is 0 Å². The molecule has 110 valence electrons. The van der Waals surface area contributed by atoms with Crippen LogP contribution in [0.25, 0.3) is 0 Å². The highest BCUT2D eigenvalue weighted by atomic mass is 32.2. The van der Waals surface area contributed by atoms with Gasteiger partial charge in [-0.1, -0.05) is 43.2 Å². The second-order valence-corrected chi connectivity index (χ2v) is 7.79. The summed E-state index contributed by atoms with van der Waals surface area (Å²) in [7, 11) is -3.31. The summed E-state index contributed by atoms with van der Waals surface area (Å²) in [4.78, 5) is 11.3. The van der Waals surface area contributed by atoms with Crippen molar-refractivity contribution in [1.82, 2.24) is 0 Å². The predicted octanol–water partition coefficient (Wildman–Crippen LogP) is 2.29. The molecule has 1 fully saturated rings. The van der Waals surface area contributed by atoms with Gasteiger partial charge >= 0.3 is 5.97 Å². The summed E-state index contributed by atoms with van der Waals surface area (Å²) in [5.41, 5.74) is 0.863. The molecular weight excluding hydrogens is 276 g/mol. The number of aliphatic carboxylic acids is 1. The zero-order chi connectivity index (χ0) is 14.6. The van der Waals surface area contributed by atoms with Gasteiger partial charge in [0, 0.05) is 0 Å². The molecule has 0 heterocycles. The highest BCUT2D eigenvalue weighted by Crippen LogP contribution is 2.27. The molecule has 1 aliphatic rings. The lowest BCUT2D eigenvalue weighted by molar-refractivity contribution is -0.140. The maximum atomic E-state index is 12.3. The third-order valence-electron chi connectivity index (χ3n) is 3.92. The summed E-state index contributed by atoms with van der Waals surface area (Å²) < 4.78 is 24.5. The molecule has 0 spiro atoms. The fraction of sp³-hybridized carbons (Fsp3) is 0.533. The zero-order valence-corrected chi connectivity index (χ0v) is 12.2. The van der Waals surface area contributed by atoms with Gasteiger partial charge in [0.2, 0.25) is 0 Å². The second-order valence-electron chi connectivity index (χ2n) is 5.46. The number of benzene rings is 1. The lowest BCUT2D eigenvalue weighted by Gasteiger charge is -2.16. The number of rotatable bonds is 6. The third kappa shape index (κ3) is 3.82. The molecule has 0 amide bonds. The maximum Gasteiger partial charge on any atom is 0.307 e. The Bertz CT molecular complexity index is 544. The fourth-order valence-corrected chi connectivity index (χ4v) is 4.93. The Kier molecular flexibility index (Phi) is 4.81. The Morgan fingerprint density at radius 2 is 1.80 bits per heavy atom. The monoisotopic (exact) mass is 296 g/mol. The molecule has 0 aliphatic heterocycles. The van der Waals surface area contributed by atoms with E-state index in [9.17, 15) is 18.3 Å². The Morgan fingerprint density at radius 3 is 2.35 bits per heavy atom. The molecule has 5 heteroatoms. The van der Waals surface area contributed by atoms with Crippen LogP contribution in [0, 0.1) is 5.92 Å². The van der Waals surface area contributed by atoms with E-state index in [1.807, 2.05) is 30.3 Å². The van der Waals surface area contributed by atoms with E-state index in [0.717, 1.165) is 18.4 Å². The van der Waals surface area contributed by atoms with Crippen molar-refractivity contribution in [3.63, 3.8) is 0 Å². The van der Waals surface area contributed by atoms with E-state index in [-0.39, 0.29) is 17.4 Å². The smallest absolute Gasteiger partial charge is 0.307 e. The molecule has 0 aromatic heterocycles. The Morgan fingerprint density at radius 1 is 1.20 bits per heavy atom. The van der Waals surface area contributed by atoms with Gasteiger partial charge in [0.15, 0.2) is 9.84 Å². The van der Waals surface area contributed by atoms with Crippen molar-refractivity contribution in [2.75, 3.05) is 5.75 Å². The number of carboxylic acid groups (broad SMARTS) is 1. The van der Waals surface area contributed by atoms with E-state index in [0.29, 0.717) is 12.8 Å². The van der Waals surface area contributed by atoms with Gasteiger partial charge in [0.1, 0.15) is 0 Å². The van der Waals surface area contributed by atoms with Crippen LogP contribution in [0.1, 0.15) is 31.2 Å². The van der Waals surface area contributed by atoms with Crippen molar-refractivity contribution in [3.8, 4) is 0 Å². The molecule has 4 nitrogen and oxygen atoms in total. The summed E-state index contributed by atoms with van der Waals surface area (Å²) in [5, 5.41) is 8.94.